The summed E-state index contributed by atoms with van der Waals surface area (Å²) in [7, 11) is -0.169. The van der Waals surface area contributed by atoms with Gasteiger partial charge in [0.2, 0.25) is 0 Å². The fourth-order valence-electron chi connectivity index (χ4n) is 2.76. The summed E-state index contributed by atoms with van der Waals surface area (Å²) in [5, 5.41) is 0.880. The Labute approximate surface area is 139 Å². The first kappa shape index (κ1) is 16.3. The lowest BCUT2D eigenvalue weighted by molar-refractivity contribution is 0.402. The molecule has 0 amide bonds. The molecule has 0 atom stereocenters. The van der Waals surface area contributed by atoms with Crippen molar-refractivity contribution >= 4 is 20.7 Å². The van der Waals surface area contributed by atoms with E-state index in [0.29, 0.717) is 16.8 Å². The first-order valence-electron chi connectivity index (χ1n) is 7.32. The van der Waals surface area contributed by atoms with E-state index in [2.05, 4.69) is 0 Å². The van der Waals surface area contributed by atoms with Gasteiger partial charge in [0.25, 0.3) is 5.56 Å². The van der Waals surface area contributed by atoms with E-state index in [1.165, 1.54) is 7.11 Å². The van der Waals surface area contributed by atoms with Crippen LogP contribution in [0.4, 0.5) is 0 Å². The SMILES string of the molecule is COc1ccc(Cn2ccc3ccn(C)c3c2=O)cc1S(C)(=O)=O. The molecule has 1 aromatic carbocycles. The number of nitrogens with zero attached hydrogens (tertiary/aromatic N) is 2. The Bertz CT molecular complexity index is 1080. The third-order valence-electron chi connectivity index (χ3n) is 3.98. The molecule has 7 heteroatoms. The Kier molecular flexibility index (Phi) is 3.96. The molecule has 0 N–H and O–H groups in total. The molecule has 0 bridgehead atoms. The molecule has 6 nitrogen and oxygen atoms in total. The molecule has 126 valence electrons. The Hall–Kier alpha value is -2.54. The summed E-state index contributed by atoms with van der Waals surface area (Å²) in [6.45, 7) is 0.284. The monoisotopic (exact) mass is 346 g/mol. The van der Waals surface area contributed by atoms with Crippen LogP contribution in [-0.2, 0) is 23.4 Å². The second-order valence-corrected chi connectivity index (χ2v) is 7.72. The minimum absolute atomic E-state index is 0.114. The van der Waals surface area contributed by atoms with Crippen LogP contribution in [0.1, 0.15) is 5.56 Å². The average molecular weight is 346 g/mol. The zero-order chi connectivity index (χ0) is 17.5. The van der Waals surface area contributed by atoms with Gasteiger partial charge in [-0.3, -0.25) is 4.79 Å². The highest BCUT2D eigenvalue weighted by Crippen LogP contribution is 2.25. The van der Waals surface area contributed by atoms with Crippen molar-refractivity contribution in [2.45, 2.75) is 11.4 Å². The molecular formula is C17H18N2O4S. The van der Waals surface area contributed by atoms with Crippen molar-refractivity contribution in [1.82, 2.24) is 9.13 Å². The predicted molar refractivity (Wildman–Crippen MR) is 92.4 cm³/mol. The van der Waals surface area contributed by atoms with Crippen molar-refractivity contribution in [2.24, 2.45) is 7.05 Å². The van der Waals surface area contributed by atoms with E-state index in [1.54, 1.807) is 33.5 Å². The number of fused-ring (bicyclic) bond motifs is 1. The highest BCUT2D eigenvalue weighted by Gasteiger charge is 2.15. The lowest BCUT2D eigenvalue weighted by Gasteiger charge is -2.11. The Morgan fingerprint density at radius 2 is 1.83 bits per heavy atom. The summed E-state index contributed by atoms with van der Waals surface area (Å²) in [5.74, 6) is 0.298. The lowest BCUT2D eigenvalue weighted by atomic mass is 10.2. The molecule has 0 aliphatic heterocycles. The molecule has 3 aromatic rings. The molecule has 2 aromatic heterocycles. The third-order valence-corrected chi connectivity index (χ3v) is 5.10. The zero-order valence-corrected chi connectivity index (χ0v) is 14.5. The molecular weight excluding hydrogens is 328 g/mol. The van der Waals surface area contributed by atoms with Gasteiger partial charge in [0.05, 0.1) is 13.7 Å². The van der Waals surface area contributed by atoms with Crippen molar-refractivity contribution in [3.05, 3.63) is 58.6 Å². The number of hydrogen-bond acceptors (Lipinski definition) is 4. The predicted octanol–water partition coefficient (Wildman–Crippen LogP) is 1.80. The fourth-order valence-corrected chi connectivity index (χ4v) is 3.64. The molecule has 0 aliphatic rings. The van der Waals surface area contributed by atoms with Crippen LogP contribution < -0.4 is 10.3 Å². The Morgan fingerprint density at radius 3 is 2.50 bits per heavy atom. The van der Waals surface area contributed by atoms with E-state index in [0.717, 1.165) is 11.6 Å². The molecule has 0 unspecified atom stereocenters. The van der Waals surface area contributed by atoms with Gasteiger partial charge in [-0.05, 0) is 29.8 Å². The first-order valence-corrected chi connectivity index (χ1v) is 9.22. The van der Waals surface area contributed by atoms with Crippen LogP contribution in [-0.4, -0.2) is 30.9 Å². The van der Waals surface area contributed by atoms with Crippen LogP contribution in [0, 0.1) is 0 Å². The van der Waals surface area contributed by atoms with Gasteiger partial charge < -0.3 is 13.9 Å². The molecule has 2 heterocycles. The summed E-state index contributed by atoms with van der Waals surface area (Å²) in [6.07, 6.45) is 4.69. The number of ether oxygens (including phenoxy) is 1. The van der Waals surface area contributed by atoms with Crippen LogP contribution in [0.15, 0.2) is 52.4 Å². The maximum atomic E-state index is 12.6. The third kappa shape index (κ3) is 2.82. The number of sulfone groups is 1. The van der Waals surface area contributed by atoms with Gasteiger partial charge in [0.1, 0.15) is 16.2 Å². The number of methoxy groups -OCH3 is 1. The van der Waals surface area contributed by atoms with Crippen LogP contribution in [0.2, 0.25) is 0 Å². The van der Waals surface area contributed by atoms with Gasteiger partial charge in [0, 0.05) is 31.1 Å². The fraction of sp³-hybridized carbons (Fsp3) is 0.235. The van der Waals surface area contributed by atoms with Crippen molar-refractivity contribution in [3.63, 3.8) is 0 Å². The normalized spacial score (nSPS) is 11.8. The van der Waals surface area contributed by atoms with Gasteiger partial charge >= 0.3 is 0 Å². The van der Waals surface area contributed by atoms with Gasteiger partial charge in [-0.1, -0.05) is 6.07 Å². The van der Waals surface area contributed by atoms with Crippen molar-refractivity contribution in [1.29, 1.82) is 0 Å². The maximum Gasteiger partial charge on any atom is 0.275 e. The van der Waals surface area contributed by atoms with E-state index < -0.39 is 9.84 Å². The highest BCUT2D eigenvalue weighted by atomic mass is 32.2. The first-order chi connectivity index (χ1) is 11.3. The van der Waals surface area contributed by atoms with E-state index in [4.69, 9.17) is 4.74 Å². The van der Waals surface area contributed by atoms with E-state index in [9.17, 15) is 13.2 Å². The minimum atomic E-state index is -3.42. The summed E-state index contributed by atoms with van der Waals surface area (Å²) in [5.41, 5.74) is 1.22. The van der Waals surface area contributed by atoms with Crippen LogP contribution in [0.5, 0.6) is 5.75 Å². The average Bonchev–Trinajstić information content (AvgIpc) is 2.91. The second kappa shape index (κ2) is 5.83. The largest absolute Gasteiger partial charge is 0.495 e. The van der Waals surface area contributed by atoms with E-state index in [-0.39, 0.29) is 17.0 Å². The van der Waals surface area contributed by atoms with Gasteiger partial charge in [-0.2, -0.15) is 0 Å². The molecule has 0 spiro atoms. The summed E-state index contributed by atoms with van der Waals surface area (Å²) >= 11 is 0. The van der Waals surface area contributed by atoms with Crippen LogP contribution >= 0.6 is 0 Å². The molecule has 0 radical (unpaired) electrons. The van der Waals surface area contributed by atoms with Gasteiger partial charge in [0.15, 0.2) is 9.84 Å². The Morgan fingerprint density at radius 1 is 1.12 bits per heavy atom. The Balaban J connectivity index is 2.08. The van der Waals surface area contributed by atoms with Crippen LogP contribution in [0.25, 0.3) is 10.9 Å². The van der Waals surface area contributed by atoms with E-state index in [1.807, 2.05) is 25.4 Å². The molecule has 24 heavy (non-hydrogen) atoms. The van der Waals surface area contributed by atoms with Crippen molar-refractivity contribution in [2.75, 3.05) is 13.4 Å². The number of aryl methyl sites for hydroxylation is 1. The van der Waals surface area contributed by atoms with Gasteiger partial charge in [-0.15, -0.1) is 0 Å². The van der Waals surface area contributed by atoms with Crippen LogP contribution in [0.3, 0.4) is 0 Å². The zero-order valence-electron chi connectivity index (χ0n) is 13.7. The maximum absolute atomic E-state index is 12.6. The summed E-state index contributed by atoms with van der Waals surface area (Å²) < 4.78 is 32.3. The number of benzene rings is 1. The summed E-state index contributed by atoms with van der Waals surface area (Å²) in [4.78, 5) is 12.7. The number of hydrogen-bond donors (Lipinski definition) is 0. The molecule has 0 saturated heterocycles. The number of pyridine rings is 1. The molecule has 0 saturated carbocycles. The van der Waals surface area contributed by atoms with E-state index >= 15 is 0 Å². The van der Waals surface area contributed by atoms with Gasteiger partial charge in [-0.25, -0.2) is 8.42 Å². The lowest BCUT2D eigenvalue weighted by Crippen LogP contribution is -2.21. The van der Waals surface area contributed by atoms with Crippen molar-refractivity contribution < 1.29 is 13.2 Å². The quantitative estimate of drug-likeness (QED) is 0.722. The highest BCUT2D eigenvalue weighted by molar-refractivity contribution is 7.90. The van der Waals surface area contributed by atoms with Crippen molar-refractivity contribution in [3.8, 4) is 5.75 Å². The minimum Gasteiger partial charge on any atom is -0.495 e. The topological polar surface area (TPSA) is 70.3 Å². The smallest absolute Gasteiger partial charge is 0.275 e. The molecule has 3 rings (SSSR count). The second-order valence-electron chi connectivity index (χ2n) is 5.74. The summed E-state index contributed by atoms with van der Waals surface area (Å²) in [6, 6.07) is 8.68. The number of rotatable bonds is 4. The molecule has 0 fully saturated rings. The standard InChI is InChI=1S/C17H18N2O4S/c1-18-8-6-13-7-9-19(17(20)16(13)18)11-12-4-5-14(23-2)15(10-12)24(3,21)22/h4-10H,11H2,1-3H3. The number of aromatic nitrogens is 2. The molecule has 0 aliphatic carbocycles.